The summed E-state index contributed by atoms with van der Waals surface area (Å²) in [6.07, 6.45) is 0. The van der Waals surface area contributed by atoms with Crippen molar-refractivity contribution in [3.63, 3.8) is 0 Å². The van der Waals surface area contributed by atoms with Gasteiger partial charge in [-0.1, -0.05) is 53.5 Å². The van der Waals surface area contributed by atoms with Crippen molar-refractivity contribution in [3.8, 4) is 16.9 Å². The number of para-hydroxylation sites is 1. The fraction of sp³-hybridized carbons (Fsp3) is 0.107. The lowest BCUT2D eigenvalue weighted by Gasteiger charge is -2.13. The Bertz CT molecular complexity index is 1560. The lowest BCUT2D eigenvalue weighted by Crippen LogP contribution is -2.11. The normalized spacial score (nSPS) is 11.3. The minimum Gasteiger partial charge on any atom is -0.494 e. The second-order valence-electron chi connectivity index (χ2n) is 7.96. The van der Waals surface area contributed by atoms with Gasteiger partial charge in [0.15, 0.2) is 0 Å². The molecule has 0 aliphatic rings. The topological polar surface area (TPSA) is 57.2 Å². The standard InChI is InChI=1S/C28H21Cl2N2O2/c1-2-34-26-9-4-3-6-18(26)16-32-24-8-5-7-22(28(31)33)27(24)21-12-10-17(14-25(21)32)20-13-11-19(29)15-23(20)30/h3-11,13-15H,2,16H2,1H3,(H2,31,33). The number of aromatic nitrogens is 1. The summed E-state index contributed by atoms with van der Waals surface area (Å²) in [7, 11) is 0. The molecule has 5 rings (SSSR count). The van der Waals surface area contributed by atoms with E-state index in [0.29, 0.717) is 28.8 Å². The molecular formula is C28H21Cl2N2O2. The second-order valence-corrected chi connectivity index (χ2v) is 8.81. The highest BCUT2D eigenvalue weighted by molar-refractivity contribution is 6.36. The maximum Gasteiger partial charge on any atom is 0.249 e. The first-order valence-corrected chi connectivity index (χ1v) is 11.7. The van der Waals surface area contributed by atoms with Gasteiger partial charge in [0, 0.05) is 37.5 Å². The van der Waals surface area contributed by atoms with Gasteiger partial charge in [0.25, 0.3) is 0 Å². The zero-order valence-electron chi connectivity index (χ0n) is 18.4. The zero-order chi connectivity index (χ0) is 23.8. The highest BCUT2D eigenvalue weighted by atomic mass is 35.5. The fourth-order valence-electron chi connectivity index (χ4n) is 4.41. The van der Waals surface area contributed by atoms with E-state index in [1.54, 1.807) is 12.1 Å². The molecule has 0 spiro atoms. The average molecular weight is 488 g/mol. The molecular weight excluding hydrogens is 467 g/mol. The predicted molar refractivity (Wildman–Crippen MR) is 139 cm³/mol. The van der Waals surface area contributed by atoms with Crippen LogP contribution in [0.15, 0.2) is 72.8 Å². The molecule has 1 radical (unpaired) electrons. The number of carbonyl (C=O) groups is 1. The van der Waals surface area contributed by atoms with Crippen LogP contribution in [-0.4, -0.2) is 17.1 Å². The third kappa shape index (κ3) is 3.89. The molecule has 1 heterocycles. The summed E-state index contributed by atoms with van der Waals surface area (Å²) >= 11 is 12.6. The molecule has 0 atom stereocenters. The fourth-order valence-corrected chi connectivity index (χ4v) is 4.93. The van der Waals surface area contributed by atoms with Gasteiger partial charge in [-0.15, -0.1) is 0 Å². The van der Waals surface area contributed by atoms with Crippen LogP contribution in [0.2, 0.25) is 10.0 Å². The van der Waals surface area contributed by atoms with E-state index in [9.17, 15) is 4.79 Å². The van der Waals surface area contributed by atoms with Crippen LogP contribution in [0.4, 0.5) is 0 Å². The van der Waals surface area contributed by atoms with Crippen molar-refractivity contribution in [2.45, 2.75) is 13.5 Å². The summed E-state index contributed by atoms with van der Waals surface area (Å²) in [5, 5.41) is 2.74. The van der Waals surface area contributed by atoms with Gasteiger partial charge in [-0.05, 0) is 61.0 Å². The van der Waals surface area contributed by atoms with Gasteiger partial charge in [-0.3, -0.25) is 4.79 Å². The average Bonchev–Trinajstić information content (AvgIpc) is 3.13. The van der Waals surface area contributed by atoms with Crippen LogP contribution in [0, 0.1) is 6.07 Å². The number of nitrogens with zero attached hydrogens (tertiary/aromatic N) is 1. The van der Waals surface area contributed by atoms with Crippen molar-refractivity contribution in [2.75, 3.05) is 6.61 Å². The maximum absolute atomic E-state index is 12.3. The minimum absolute atomic E-state index is 0.466. The number of ether oxygens (including phenoxy) is 1. The lowest BCUT2D eigenvalue weighted by atomic mass is 10.0. The first-order chi connectivity index (χ1) is 16.5. The predicted octanol–water partition coefficient (Wildman–Crippen LogP) is 7.11. The number of benzene rings is 4. The van der Waals surface area contributed by atoms with Gasteiger partial charge in [0.2, 0.25) is 5.91 Å². The third-order valence-electron chi connectivity index (χ3n) is 5.90. The van der Waals surface area contributed by atoms with Crippen molar-refractivity contribution in [1.82, 2.24) is 4.57 Å². The Labute approximate surface area is 207 Å². The van der Waals surface area contributed by atoms with E-state index in [0.717, 1.165) is 44.2 Å². The quantitative estimate of drug-likeness (QED) is 0.277. The van der Waals surface area contributed by atoms with Crippen LogP contribution in [0.3, 0.4) is 0 Å². The van der Waals surface area contributed by atoms with Crippen LogP contribution in [0.5, 0.6) is 5.75 Å². The zero-order valence-corrected chi connectivity index (χ0v) is 20.0. The van der Waals surface area contributed by atoms with Crippen LogP contribution < -0.4 is 10.5 Å². The first kappa shape index (κ1) is 22.3. The number of halogens is 2. The first-order valence-electron chi connectivity index (χ1n) is 10.9. The number of hydrogen-bond acceptors (Lipinski definition) is 2. The molecule has 0 saturated heterocycles. The molecule has 1 aromatic heterocycles. The van der Waals surface area contributed by atoms with Crippen molar-refractivity contribution in [1.29, 1.82) is 0 Å². The van der Waals surface area contributed by atoms with Crippen LogP contribution in [0.1, 0.15) is 22.8 Å². The molecule has 6 heteroatoms. The van der Waals surface area contributed by atoms with E-state index in [4.69, 9.17) is 33.7 Å². The number of rotatable bonds is 6. The van der Waals surface area contributed by atoms with E-state index in [2.05, 4.69) is 16.7 Å². The Morgan fingerprint density at radius 1 is 1.03 bits per heavy atom. The SMILES string of the molecule is CCOc1ccccc1Cn1c2cc(-c3ccc(Cl)cc3Cl)c[c]c2c2c(C(N)=O)cccc21. The molecule has 0 bridgehead atoms. The molecule has 0 aliphatic heterocycles. The number of hydrogen-bond donors (Lipinski definition) is 1. The van der Waals surface area contributed by atoms with E-state index in [1.807, 2.05) is 61.5 Å². The molecule has 4 nitrogen and oxygen atoms in total. The number of amides is 1. The van der Waals surface area contributed by atoms with Crippen molar-refractivity contribution >= 4 is 50.9 Å². The van der Waals surface area contributed by atoms with Crippen LogP contribution in [0.25, 0.3) is 32.9 Å². The summed E-state index contributed by atoms with van der Waals surface area (Å²) in [6.45, 7) is 3.08. The molecule has 0 saturated carbocycles. The summed E-state index contributed by atoms with van der Waals surface area (Å²) < 4.78 is 8.03. The Morgan fingerprint density at radius 3 is 2.62 bits per heavy atom. The molecule has 0 fully saturated rings. The Morgan fingerprint density at radius 2 is 1.85 bits per heavy atom. The summed E-state index contributed by atoms with van der Waals surface area (Å²) in [5.41, 5.74) is 10.8. The van der Waals surface area contributed by atoms with Crippen LogP contribution in [-0.2, 0) is 6.54 Å². The molecule has 34 heavy (non-hydrogen) atoms. The van der Waals surface area contributed by atoms with Gasteiger partial charge in [0.1, 0.15) is 5.75 Å². The van der Waals surface area contributed by atoms with Gasteiger partial charge in [-0.2, -0.15) is 0 Å². The Kier molecular flexibility index (Phi) is 5.94. The van der Waals surface area contributed by atoms with Crippen LogP contribution >= 0.6 is 23.2 Å². The molecule has 2 N–H and O–H groups in total. The van der Waals surface area contributed by atoms with Crippen molar-refractivity contribution in [2.24, 2.45) is 5.73 Å². The molecule has 5 aromatic rings. The van der Waals surface area contributed by atoms with Gasteiger partial charge < -0.3 is 15.0 Å². The Hall–Kier alpha value is -3.47. The van der Waals surface area contributed by atoms with E-state index in [-0.39, 0.29) is 0 Å². The van der Waals surface area contributed by atoms with Crippen molar-refractivity contribution in [3.05, 3.63) is 100 Å². The van der Waals surface area contributed by atoms with Gasteiger partial charge >= 0.3 is 0 Å². The highest BCUT2D eigenvalue weighted by Crippen LogP contribution is 2.37. The number of carbonyl (C=O) groups excluding carboxylic acids is 1. The van der Waals surface area contributed by atoms with E-state index in [1.165, 1.54) is 0 Å². The van der Waals surface area contributed by atoms with Crippen molar-refractivity contribution < 1.29 is 9.53 Å². The monoisotopic (exact) mass is 487 g/mol. The van der Waals surface area contributed by atoms with Gasteiger partial charge in [-0.25, -0.2) is 0 Å². The largest absolute Gasteiger partial charge is 0.494 e. The number of nitrogens with two attached hydrogens (primary N) is 1. The molecule has 1 amide bonds. The second kappa shape index (κ2) is 9.05. The minimum atomic E-state index is -0.474. The number of fused-ring (bicyclic) bond motifs is 3. The summed E-state index contributed by atoms with van der Waals surface area (Å²) in [4.78, 5) is 12.3. The van der Waals surface area contributed by atoms with E-state index >= 15 is 0 Å². The number of primary amides is 1. The maximum atomic E-state index is 12.3. The van der Waals surface area contributed by atoms with Gasteiger partial charge in [0.05, 0.1) is 24.2 Å². The summed E-state index contributed by atoms with van der Waals surface area (Å²) in [6, 6.07) is 26.3. The molecule has 4 aromatic carbocycles. The smallest absolute Gasteiger partial charge is 0.249 e. The molecule has 0 aliphatic carbocycles. The third-order valence-corrected chi connectivity index (χ3v) is 6.45. The molecule has 0 unspecified atom stereocenters. The molecule has 169 valence electrons. The highest BCUT2D eigenvalue weighted by Gasteiger charge is 2.19. The van der Waals surface area contributed by atoms with E-state index < -0.39 is 5.91 Å². The summed E-state index contributed by atoms with van der Waals surface area (Å²) in [5.74, 6) is 0.351. The lowest BCUT2D eigenvalue weighted by molar-refractivity contribution is 0.100. The Balaban J connectivity index is 1.79.